The van der Waals surface area contributed by atoms with Crippen LogP contribution in [0.5, 0.6) is 0 Å². The van der Waals surface area contributed by atoms with Gasteiger partial charge in [0, 0.05) is 22.8 Å². The highest BCUT2D eigenvalue weighted by Crippen LogP contribution is 2.42. The summed E-state index contributed by atoms with van der Waals surface area (Å²) in [5.41, 5.74) is 0.619. The molecule has 2 unspecified atom stereocenters. The molecule has 0 aliphatic rings. The quantitative estimate of drug-likeness (QED) is 0.438. The van der Waals surface area contributed by atoms with Gasteiger partial charge in [0.1, 0.15) is 0 Å². The fourth-order valence-electron chi connectivity index (χ4n) is 2.56. The maximum Gasteiger partial charge on any atom is 0.199 e. The van der Waals surface area contributed by atoms with Gasteiger partial charge in [-0.3, -0.25) is 9.00 Å². The van der Waals surface area contributed by atoms with Crippen LogP contribution in [-0.2, 0) is 10.8 Å². The highest BCUT2D eigenvalue weighted by molar-refractivity contribution is 7.89. The van der Waals surface area contributed by atoms with Crippen LogP contribution in [-0.4, -0.2) is 13.7 Å². The molecule has 0 saturated carbocycles. The minimum absolute atomic E-state index is 0.0372. The highest BCUT2D eigenvalue weighted by atomic mass is 35.5. The van der Waals surface area contributed by atoms with E-state index < -0.39 is 14.5 Å². The first-order valence-corrected chi connectivity index (χ1v) is 9.80. The van der Waals surface area contributed by atoms with Crippen molar-refractivity contribution in [3.63, 3.8) is 0 Å². The summed E-state index contributed by atoms with van der Waals surface area (Å²) in [6, 6.07) is 17.9. The zero-order chi connectivity index (χ0) is 17.6. The van der Waals surface area contributed by atoms with E-state index in [2.05, 4.69) is 0 Å². The zero-order valence-electron chi connectivity index (χ0n) is 13.5. The minimum Gasteiger partial charge on any atom is -0.294 e. The Hall–Kier alpha value is -1.16. The van der Waals surface area contributed by atoms with E-state index in [-0.39, 0.29) is 18.1 Å². The zero-order valence-corrected chi connectivity index (χ0v) is 15.8. The molecule has 0 bridgehead atoms. The third kappa shape index (κ3) is 4.69. The lowest BCUT2D eigenvalue weighted by atomic mass is 9.95. The van der Waals surface area contributed by atoms with Crippen molar-refractivity contribution in [2.45, 2.75) is 34.7 Å². The number of hydrogen-bond donors (Lipinski definition) is 0. The maximum absolute atomic E-state index is 12.8. The van der Waals surface area contributed by atoms with Gasteiger partial charge in [0.05, 0.1) is 10.8 Å². The normalized spacial score (nSPS) is 14.1. The van der Waals surface area contributed by atoms with Crippen LogP contribution in [0.15, 0.2) is 65.6 Å². The number of carbonyl (C=O) groups excluding carboxylic acids is 1. The van der Waals surface area contributed by atoms with E-state index >= 15 is 0 Å². The standard InChI is InChI=1S/C19H20Cl2O2S/c1-2-9-16(14-18(22)15-10-5-3-6-11-15)19(20,21)24(23)17-12-7-4-8-13-17/h3-8,10-13,16H,2,9,14H2,1H3. The lowest BCUT2D eigenvalue weighted by Gasteiger charge is -2.28. The Morgan fingerprint density at radius 2 is 1.58 bits per heavy atom. The number of ketones is 1. The molecule has 0 aromatic heterocycles. The summed E-state index contributed by atoms with van der Waals surface area (Å²) in [7, 11) is -1.62. The first kappa shape index (κ1) is 19.2. The molecule has 2 atom stereocenters. The Labute approximate surface area is 155 Å². The molecule has 0 amide bonds. The second kappa shape index (κ2) is 8.80. The van der Waals surface area contributed by atoms with Gasteiger partial charge in [-0.05, 0) is 18.6 Å². The molecule has 0 aliphatic carbocycles. The molecule has 5 heteroatoms. The molecule has 2 rings (SSSR count). The average Bonchev–Trinajstić information content (AvgIpc) is 2.62. The first-order valence-electron chi connectivity index (χ1n) is 7.89. The van der Waals surface area contributed by atoms with E-state index in [1.54, 1.807) is 36.4 Å². The number of Topliss-reactive ketones (excluding diaryl/α,β-unsaturated/α-hetero) is 1. The molecule has 0 heterocycles. The van der Waals surface area contributed by atoms with Crippen molar-refractivity contribution in [1.29, 1.82) is 0 Å². The van der Waals surface area contributed by atoms with Gasteiger partial charge in [-0.1, -0.05) is 85.1 Å². The molecule has 0 radical (unpaired) electrons. The van der Waals surface area contributed by atoms with Crippen LogP contribution in [0.25, 0.3) is 0 Å². The number of hydrogen-bond acceptors (Lipinski definition) is 2. The predicted octanol–water partition coefficient (Wildman–Crippen LogP) is 5.61. The third-order valence-electron chi connectivity index (χ3n) is 3.84. The number of carbonyl (C=O) groups is 1. The average molecular weight is 383 g/mol. The van der Waals surface area contributed by atoms with Crippen molar-refractivity contribution in [2.24, 2.45) is 5.92 Å². The monoisotopic (exact) mass is 382 g/mol. The topological polar surface area (TPSA) is 34.1 Å². The van der Waals surface area contributed by atoms with Gasteiger partial charge in [0.2, 0.25) is 0 Å². The molecule has 0 N–H and O–H groups in total. The van der Waals surface area contributed by atoms with E-state index in [1.807, 2.05) is 31.2 Å². The molecule has 0 saturated heterocycles. The number of halogens is 2. The van der Waals surface area contributed by atoms with Crippen LogP contribution in [0.2, 0.25) is 0 Å². The fourth-order valence-corrected chi connectivity index (χ4v) is 4.69. The summed E-state index contributed by atoms with van der Waals surface area (Å²) >= 11 is 13.0. The molecule has 0 spiro atoms. The molecular weight excluding hydrogens is 363 g/mol. The molecular formula is C19H20Cl2O2S. The Bertz CT molecular complexity index is 687. The van der Waals surface area contributed by atoms with Crippen molar-refractivity contribution >= 4 is 39.8 Å². The Balaban J connectivity index is 2.22. The van der Waals surface area contributed by atoms with Crippen molar-refractivity contribution in [3.8, 4) is 0 Å². The maximum atomic E-state index is 12.8. The number of rotatable bonds is 8. The van der Waals surface area contributed by atoms with Gasteiger partial charge in [-0.25, -0.2) is 0 Å². The van der Waals surface area contributed by atoms with Crippen molar-refractivity contribution in [1.82, 2.24) is 0 Å². The van der Waals surface area contributed by atoms with Crippen LogP contribution in [0, 0.1) is 5.92 Å². The van der Waals surface area contributed by atoms with Crippen LogP contribution in [0.1, 0.15) is 36.5 Å². The smallest absolute Gasteiger partial charge is 0.199 e. The van der Waals surface area contributed by atoms with Crippen LogP contribution >= 0.6 is 23.2 Å². The lowest BCUT2D eigenvalue weighted by Crippen LogP contribution is -2.32. The van der Waals surface area contributed by atoms with E-state index in [0.29, 0.717) is 16.9 Å². The Kier molecular flexibility index (Phi) is 7.02. The summed E-state index contributed by atoms with van der Waals surface area (Å²) in [4.78, 5) is 13.1. The van der Waals surface area contributed by atoms with E-state index in [4.69, 9.17) is 23.2 Å². The largest absolute Gasteiger partial charge is 0.294 e. The molecule has 0 aliphatic heterocycles. The van der Waals surface area contributed by atoms with Gasteiger partial charge in [-0.15, -0.1) is 0 Å². The second-order valence-electron chi connectivity index (χ2n) is 5.62. The summed E-state index contributed by atoms with van der Waals surface area (Å²) in [6.07, 6.45) is 1.60. The van der Waals surface area contributed by atoms with Gasteiger partial charge < -0.3 is 0 Å². The van der Waals surface area contributed by atoms with Crippen molar-refractivity contribution in [2.75, 3.05) is 0 Å². The molecule has 0 fully saturated rings. The van der Waals surface area contributed by atoms with E-state index in [0.717, 1.165) is 6.42 Å². The Morgan fingerprint density at radius 3 is 2.12 bits per heavy atom. The van der Waals surface area contributed by atoms with E-state index in [9.17, 15) is 9.00 Å². The van der Waals surface area contributed by atoms with Crippen LogP contribution in [0.3, 0.4) is 0 Å². The lowest BCUT2D eigenvalue weighted by molar-refractivity contribution is 0.0959. The van der Waals surface area contributed by atoms with Gasteiger partial charge in [0.15, 0.2) is 9.45 Å². The molecule has 2 aromatic carbocycles. The van der Waals surface area contributed by atoms with Gasteiger partial charge in [0.25, 0.3) is 0 Å². The summed E-state index contributed by atoms with van der Waals surface area (Å²) in [6.45, 7) is 2.00. The van der Waals surface area contributed by atoms with Crippen molar-refractivity contribution in [3.05, 3.63) is 66.2 Å². The SMILES string of the molecule is CCCC(CC(=O)c1ccccc1)C(Cl)(Cl)S(=O)c1ccccc1. The molecule has 128 valence electrons. The summed E-state index contributed by atoms with van der Waals surface area (Å²) < 4.78 is 11.3. The third-order valence-corrected chi connectivity index (χ3v) is 6.83. The highest BCUT2D eigenvalue weighted by Gasteiger charge is 2.42. The number of alkyl halides is 2. The van der Waals surface area contributed by atoms with E-state index in [1.165, 1.54) is 0 Å². The minimum atomic E-state index is -1.62. The number of benzene rings is 2. The first-order chi connectivity index (χ1) is 11.5. The van der Waals surface area contributed by atoms with Crippen molar-refractivity contribution < 1.29 is 9.00 Å². The van der Waals surface area contributed by atoms with Crippen LogP contribution < -0.4 is 0 Å². The predicted molar refractivity (Wildman–Crippen MR) is 101 cm³/mol. The van der Waals surface area contributed by atoms with Gasteiger partial charge in [-0.2, -0.15) is 0 Å². The molecule has 2 nitrogen and oxygen atoms in total. The van der Waals surface area contributed by atoms with Crippen LogP contribution in [0.4, 0.5) is 0 Å². The molecule has 24 heavy (non-hydrogen) atoms. The Morgan fingerprint density at radius 1 is 1.04 bits per heavy atom. The summed E-state index contributed by atoms with van der Waals surface area (Å²) in [5.74, 6) is -0.427. The summed E-state index contributed by atoms with van der Waals surface area (Å²) in [5, 5.41) is 0. The molecule has 2 aromatic rings. The fraction of sp³-hybridized carbons (Fsp3) is 0.316. The van der Waals surface area contributed by atoms with Gasteiger partial charge >= 0.3 is 0 Å². The second-order valence-corrected chi connectivity index (χ2v) is 9.11.